The average molecular weight is 442 g/mol. The average Bonchev–Trinajstić information content (AvgIpc) is 2.62. The van der Waals surface area contributed by atoms with E-state index in [1.807, 2.05) is 0 Å². The molecule has 0 heterocycles. The molecule has 0 fully saturated rings. The van der Waals surface area contributed by atoms with Crippen molar-refractivity contribution in [3.05, 3.63) is 88.5 Å². The third kappa shape index (κ3) is 4.91. The van der Waals surface area contributed by atoms with Crippen molar-refractivity contribution in [2.75, 3.05) is 0 Å². The number of halogens is 8. The van der Waals surface area contributed by atoms with Crippen molar-refractivity contribution in [2.45, 2.75) is 26.2 Å². The monoisotopic (exact) mass is 442 g/mol. The lowest BCUT2D eigenvalue weighted by Gasteiger charge is -2.21. The van der Waals surface area contributed by atoms with Gasteiger partial charge >= 0.3 is 12.4 Å². The third-order valence-corrected chi connectivity index (χ3v) is 4.81. The molecule has 3 aromatic carbocycles. The molecule has 0 saturated heterocycles. The van der Waals surface area contributed by atoms with Gasteiger partial charge in [0.05, 0.1) is 11.1 Å². The van der Waals surface area contributed by atoms with Gasteiger partial charge in [0.15, 0.2) is 0 Å². The van der Waals surface area contributed by atoms with Gasteiger partial charge in [-0.25, -0.2) is 8.78 Å². The molecule has 0 bridgehead atoms. The van der Waals surface area contributed by atoms with E-state index in [4.69, 9.17) is 0 Å². The summed E-state index contributed by atoms with van der Waals surface area (Å²) < 4.78 is 109. The predicted molar refractivity (Wildman–Crippen MR) is 103 cm³/mol. The van der Waals surface area contributed by atoms with E-state index >= 15 is 0 Å². The highest BCUT2D eigenvalue weighted by Gasteiger charge is 2.36. The summed E-state index contributed by atoms with van der Waals surface area (Å²) >= 11 is 0. The minimum absolute atomic E-state index is 0.148. The van der Waals surface area contributed by atoms with E-state index < -0.39 is 47.3 Å². The van der Waals surface area contributed by atoms with E-state index in [-0.39, 0.29) is 22.1 Å². The highest BCUT2D eigenvalue weighted by molar-refractivity contribution is 6.95. The quantitative estimate of drug-likeness (QED) is 0.390. The zero-order chi connectivity index (χ0) is 23.1. The number of hydrogen-bond donors (Lipinski definition) is 0. The number of hydrogen-bond acceptors (Lipinski definition) is 0. The number of benzene rings is 3. The summed E-state index contributed by atoms with van der Waals surface area (Å²) in [6, 6.07) is 8.57. The fourth-order valence-corrected chi connectivity index (χ4v) is 3.60. The number of aryl methyl sites for hydroxylation is 2. The zero-order valence-electron chi connectivity index (χ0n) is 16.3. The molecule has 3 rings (SSSR count). The summed E-state index contributed by atoms with van der Waals surface area (Å²) in [6.45, 7) is 1.21. The maximum Gasteiger partial charge on any atom is 0.416 e. The molecule has 3 aromatic rings. The van der Waals surface area contributed by atoms with Gasteiger partial charge in [-0.05, 0) is 38.1 Å². The Hall–Kier alpha value is -2.84. The molecule has 0 atom stereocenters. The highest BCUT2D eigenvalue weighted by Crippen LogP contribution is 2.30. The Balaban J connectivity index is 2.37. The largest absolute Gasteiger partial charge is 0.416 e. The molecule has 0 spiro atoms. The second kappa shape index (κ2) is 8.02. The topological polar surface area (TPSA) is 0 Å². The molecule has 0 unspecified atom stereocenters. The number of alkyl halides is 6. The molecule has 0 nitrogen and oxygen atoms in total. The first kappa shape index (κ1) is 22.8. The molecule has 0 N–H and O–H groups in total. The molecular formula is C22H15BF8. The maximum atomic E-state index is 14.7. The summed E-state index contributed by atoms with van der Waals surface area (Å²) in [4.78, 5) is 0. The van der Waals surface area contributed by atoms with Crippen molar-refractivity contribution in [1.29, 1.82) is 0 Å². The van der Waals surface area contributed by atoms with Crippen LogP contribution in [0, 0.1) is 25.5 Å². The Morgan fingerprint density at radius 3 is 1.35 bits per heavy atom. The van der Waals surface area contributed by atoms with Crippen molar-refractivity contribution in [3.63, 3.8) is 0 Å². The summed E-state index contributed by atoms with van der Waals surface area (Å²) in [5, 5.41) is 0. The van der Waals surface area contributed by atoms with Crippen LogP contribution in [0.1, 0.15) is 22.3 Å². The summed E-state index contributed by atoms with van der Waals surface area (Å²) in [5.41, 5.74) is -2.79. The maximum absolute atomic E-state index is 14.7. The Morgan fingerprint density at radius 1 is 0.613 bits per heavy atom. The van der Waals surface area contributed by atoms with E-state index in [1.165, 1.54) is 26.0 Å². The van der Waals surface area contributed by atoms with Gasteiger partial charge in [0, 0.05) is 5.46 Å². The molecule has 0 aliphatic heterocycles. The van der Waals surface area contributed by atoms with Crippen LogP contribution in [0.15, 0.2) is 54.6 Å². The van der Waals surface area contributed by atoms with E-state index in [0.717, 1.165) is 30.3 Å². The molecule has 9 heteroatoms. The lowest BCUT2D eigenvalue weighted by atomic mass is 9.36. The van der Waals surface area contributed by atoms with Gasteiger partial charge in [0.25, 0.3) is 0 Å². The minimum atomic E-state index is -4.75. The van der Waals surface area contributed by atoms with Crippen molar-refractivity contribution < 1.29 is 35.1 Å². The van der Waals surface area contributed by atoms with Crippen molar-refractivity contribution >= 4 is 23.1 Å². The van der Waals surface area contributed by atoms with Crippen LogP contribution < -0.4 is 16.4 Å². The third-order valence-electron chi connectivity index (χ3n) is 4.81. The fourth-order valence-electron chi connectivity index (χ4n) is 3.60. The first-order chi connectivity index (χ1) is 14.3. The highest BCUT2D eigenvalue weighted by atomic mass is 19.4. The lowest BCUT2D eigenvalue weighted by molar-refractivity contribution is -0.138. The van der Waals surface area contributed by atoms with Gasteiger partial charge < -0.3 is 0 Å². The van der Waals surface area contributed by atoms with Crippen LogP contribution in [-0.4, -0.2) is 6.71 Å². The van der Waals surface area contributed by atoms with Crippen LogP contribution in [0.5, 0.6) is 0 Å². The van der Waals surface area contributed by atoms with Gasteiger partial charge in [-0.1, -0.05) is 52.4 Å². The lowest BCUT2D eigenvalue weighted by Crippen LogP contribution is -2.55. The van der Waals surface area contributed by atoms with Gasteiger partial charge in [0.2, 0.25) is 6.71 Å². The van der Waals surface area contributed by atoms with Crippen LogP contribution in [0.4, 0.5) is 35.1 Å². The van der Waals surface area contributed by atoms with E-state index in [9.17, 15) is 35.1 Å². The number of rotatable bonds is 3. The Bertz CT molecular complexity index is 1030. The Morgan fingerprint density at radius 2 is 1.00 bits per heavy atom. The van der Waals surface area contributed by atoms with Crippen LogP contribution in [0.3, 0.4) is 0 Å². The molecule has 162 valence electrons. The second-order valence-corrected chi connectivity index (χ2v) is 7.33. The van der Waals surface area contributed by atoms with Gasteiger partial charge in [-0.2, -0.15) is 26.3 Å². The summed E-state index contributed by atoms with van der Waals surface area (Å²) in [6.07, 6.45) is -9.49. The smallest absolute Gasteiger partial charge is 0.207 e. The van der Waals surface area contributed by atoms with Crippen molar-refractivity contribution in [1.82, 2.24) is 0 Å². The standard InChI is InChI=1S/C22H15BF8/c1-12-6-14(21(26,27)28)10-16(8-12)23(20-18(24)4-3-5-19(20)25)17-9-13(2)7-15(11-17)22(29,30)31/h3-11H,1-2H3. The minimum Gasteiger partial charge on any atom is -0.207 e. The Labute approximate surface area is 173 Å². The molecule has 0 radical (unpaired) electrons. The molecule has 0 amide bonds. The molecule has 31 heavy (non-hydrogen) atoms. The fraction of sp³-hybridized carbons (Fsp3) is 0.182. The summed E-state index contributed by atoms with van der Waals surface area (Å²) in [5.74, 6) is -2.15. The Kier molecular flexibility index (Phi) is 5.91. The van der Waals surface area contributed by atoms with Gasteiger partial charge in [-0.15, -0.1) is 0 Å². The molecule has 0 aliphatic carbocycles. The first-order valence-corrected chi connectivity index (χ1v) is 9.09. The molecular weight excluding hydrogens is 427 g/mol. The molecule has 0 saturated carbocycles. The SMILES string of the molecule is Cc1cc(B(c2cc(C)cc(C(F)(F)F)c2)c2c(F)cccc2F)cc(C(F)(F)F)c1. The van der Waals surface area contributed by atoms with Crippen molar-refractivity contribution in [3.8, 4) is 0 Å². The van der Waals surface area contributed by atoms with Crippen LogP contribution in [-0.2, 0) is 12.4 Å². The van der Waals surface area contributed by atoms with E-state index in [0.29, 0.717) is 12.1 Å². The van der Waals surface area contributed by atoms with Crippen LogP contribution in [0.2, 0.25) is 0 Å². The second-order valence-electron chi connectivity index (χ2n) is 7.33. The summed E-state index contributed by atoms with van der Waals surface area (Å²) in [7, 11) is 0. The van der Waals surface area contributed by atoms with Crippen LogP contribution >= 0.6 is 0 Å². The van der Waals surface area contributed by atoms with E-state index in [2.05, 4.69) is 0 Å². The van der Waals surface area contributed by atoms with Crippen LogP contribution in [0.25, 0.3) is 0 Å². The predicted octanol–water partition coefficient (Wildman–Crippen LogP) is 5.14. The van der Waals surface area contributed by atoms with Crippen molar-refractivity contribution in [2.24, 2.45) is 0 Å². The first-order valence-electron chi connectivity index (χ1n) is 9.09. The molecule has 0 aromatic heterocycles. The zero-order valence-corrected chi connectivity index (χ0v) is 16.3. The normalized spacial score (nSPS) is 12.2. The van der Waals surface area contributed by atoms with Gasteiger partial charge in [-0.3, -0.25) is 0 Å². The molecule has 0 aliphatic rings. The van der Waals surface area contributed by atoms with E-state index in [1.54, 1.807) is 0 Å². The van der Waals surface area contributed by atoms with Gasteiger partial charge in [0.1, 0.15) is 11.6 Å².